The van der Waals surface area contributed by atoms with Gasteiger partial charge in [-0.2, -0.15) is 5.10 Å². The summed E-state index contributed by atoms with van der Waals surface area (Å²) in [6, 6.07) is 2.84. The summed E-state index contributed by atoms with van der Waals surface area (Å²) in [5.41, 5.74) is 1.43. The Bertz CT molecular complexity index is 386. The van der Waals surface area contributed by atoms with E-state index in [0.29, 0.717) is 6.04 Å². The van der Waals surface area contributed by atoms with Gasteiger partial charge in [0.1, 0.15) is 0 Å². The lowest BCUT2D eigenvalue weighted by Gasteiger charge is -2.24. The van der Waals surface area contributed by atoms with Gasteiger partial charge in [0.15, 0.2) is 0 Å². The predicted molar refractivity (Wildman–Crippen MR) is 81.8 cm³/mol. The molecule has 0 amide bonds. The van der Waals surface area contributed by atoms with Crippen LogP contribution in [-0.2, 0) is 6.42 Å². The molecule has 0 aromatic carbocycles. The molecule has 1 atom stereocenters. The maximum absolute atomic E-state index is 6.41. The van der Waals surface area contributed by atoms with Crippen molar-refractivity contribution in [2.45, 2.75) is 77.1 Å². The Hall–Kier alpha value is -0.500. The second-order valence-corrected chi connectivity index (χ2v) is 7.48. The van der Waals surface area contributed by atoms with Crippen LogP contribution in [0.25, 0.3) is 0 Å². The van der Waals surface area contributed by atoms with Crippen molar-refractivity contribution in [2.75, 3.05) is 0 Å². The van der Waals surface area contributed by atoms with E-state index < -0.39 is 0 Å². The van der Waals surface area contributed by atoms with Crippen molar-refractivity contribution in [3.63, 3.8) is 0 Å². The Morgan fingerprint density at radius 1 is 1.37 bits per heavy atom. The number of alkyl halides is 1. The van der Waals surface area contributed by atoms with Gasteiger partial charge < -0.3 is 0 Å². The first-order valence-corrected chi connectivity index (χ1v) is 8.08. The molecule has 0 N–H and O–H groups in total. The molecular formula is C16H27ClN2. The second kappa shape index (κ2) is 6.30. The molecule has 1 aliphatic rings. The second-order valence-electron chi connectivity index (χ2n) is 6.95. The summed E-state index contributed by atoms with van der Waals surface area (Å²) in [4.78, 5) is 0. The third-order valence-corrected chi connectivity index (χ3v) is 5.07. The van der Waals surface area contributed by atoms with Crippen LogP contribution in [0, 0.1) is 5.41 Å². The molecule has 0 radical (unpaired) electrons. The van der Waals surface area contributed by atoms with Gasteiger partial charge in [-0.3, -0.25) is 4.68 Å². The highest BCUT2D eigenvalue weighted by molar-refractivity contribution is 6.21. The Morgan fingerprint density at radius 3 is 2.68 bits per heavy atom. The van der Waals surface area contributed by atoms with Crippen LogP contribution in [0.15, 0.2) is 12.3 Å². The number of aryl methyl sites for hydroxylation is 1. The van der Waals surface area contributed by atoms with Gasteiger partial charge in [-0.15, -0.1) is 11.6 Å². The van der Waals surface area contributed by atoms with Crippen LogP contribution in [0.3, 0.4) is 0 Å². The lowest BCUT2D eigenvalue weighted by molar-refractivity contribution is 0.368. The summed E-state index contributed by atoms with van der Waals surface area (Å²) in [5, 5.41) is 4.98. The summed E-state index contributed by atoms with van der Waals surface area (Å²) in [6.07, 6.45) is 10.7. The van der Waals surface area contributed by atoms with Crippen LogP contribution in [0.2, 0.25) is 0 Å². The maximum atomic E-state index is 6.41. The molecule has 1 fully saturated rings. The first kappa shape index (κ1) is 14.9. The molecule has 3 heteroatoms. The Kier molecular flexibility index (Phi) is 4.94. The van der Waals surface area contributed by atoms with Crippen molar-refractivity contribution in [2.24, 2.45) is 5.41 Å². The monoisotopic (exact) mass is 282 g/mol. The quantitative estimate of drug-likeness (QED) is 0.697. The largest absolute Gasteiger partial charge is 0.269 e. The molecule has 1 saturated carbocycles. The van der Waals surface area contributed by atoms with Gasteiger partial charge in [0.05, 0.1) is 11.7 Å². The first-order valence-electron chi connectivity index (χ1n) is 7.65. The normalized spacial score (nSPS) is 18.9. The summed E-state index contributed by atoms with van der Waals surface area (Å²) in [7, 11) is 0. The van der Waals surface area contributed by atoms with E-state index in [1.807, 2.05) is 0 Å². The smallest absolute Gasteiger partial charge is 0.0624 e. The molecule has 1 unspecified atom stereocenters. The van der Waals surface area contributed by atoms with Crippen LogP contribution >= 0.6 is 11.6 Å². The van der Waals surface area contributed by atoms with Crippen LogP contribution in [-0.4, -0.2) is 15.2 Å². The van der Waals surface area contributed by atoms with Crippen LogP contribution in [0.4, 0.5) is 0 Å². The van der Waals surface area contributed by atoms with Crippen molar-refractivity contribution in [3.05, 3.63) is 18.0 Å². The Balaban J connectivity index is 1.77. The third kappa shape index (κ3) is 4.24. The highest BCUT2D eigenvalue weighted by Crippen LogP contribution is 2.30. The summed E-state index contributed by atoms with van der Waals surface area (Å²) in [5.74, 6) is 0. The van der Waals surface area contributed by atoms with Crippen LogP contribution < -0.4 is 0 Å². The number of halogens is 1. The summed E-state index contributed by atoms with van der Waals surface area (Å²) in [6.45, 7) is 6.62. The van der Waals surface area contributed by atoms with E-state index in [-0.39, 0.29) is 10.8 Å². The number of hydrogen-bond donors (Lipinski definition) is 0. The number of hydrogen-bond acceptors (Lipinski definition) is 1. The Morgan fingerprint density at radius 2 is 2.05 bits per heavy atom. The minimum Gasteiger partial charge on any atom is -0.269 e. The molecule has 0 spiro atoms. The summed E-state index contributed by atoms with van der Waals surface area (Å²) >= 11 is 6.41. The lowest BCUT2D eigenvalue weighted by Crippen LogP contribution is -2.20. The minimum absolute atomic E-state index is 0.199. The minimum atomic E-state index is 0.199. The van der Waals surface area contributed by atoms with E-state index in [9.17, 15) is 0 Å². The fourth-order valence-corrected chi connectivity index (χ4v) is 2.93. The van der Waals surface area contributed by atoms with Gasteiger partial charge in [-0.05, 0) is 43.6 Å². The highest BCUT2D eigenvalue weighted by atomic mass is 35.5. The molecule has 2 nitrogen and oxygen atoms in total. The third-order valence-electron chi connectivity index (χ3n) is 4.19. The zero-order valence-corrected chi connectivity index (χ0v) is 13.3. The molecule has 0 saturated heterocycles. The van der Waals surface area contributed by atoms with E-state index in [2.05, 4.69) is 37.7 Å². The molecule has 1 aromatic heterocycles. The fraction of sp³-hybridized carbons (Fsp3) is 0.812. The van der Waals surface area contributed by atoms with E-state index in [0.717, 1.165) is 19.3 Å². The molecule has 19 heavy (non-hydrogen) atoms. The van der Waals surface area contributed by atoms with E-state index in [1.54, 1.807) is 0 Å². The topological polar surface area (TPSA) is 17.8 Å². The molecule has 1 aromatic rings. The van der Waals surface area contributed by atoms with Gasteiger partial charge in [0.25, 0.3) is 0 Å². The van der Waals surface area contributed by atoms with Crippen molar-refractivity contribution >= 4 is 11.6 Å². The van der Waals surface area contributed by atoms with E-state index in [4.69, 9.17) is 16.7 Å². The average Bonchev–Trinajstić information content (AvgIpc) is 2.97. The van der Waals surface area contributed by atoms with Crippen LogP contribution in [0.5, 0.6) is 0 Å². The molecule has 108 valence electrons. The number of aromatic nitrogens is 2. The molecular weight excluding hydrogens is 256 g/mol. The predicted octanol–water partition coefficient (Wildman–Crippen LogP) is 4.97. The SMILES string of the molecule is CC(C)(C)C(Cl)CCCc1ccn(C2CCCC2)n1. The van der Waals surface area contributed by atoms with Gasteiger partial charge in [-0.25, -0.2) is 0 Å². The van der Waals surface area contributed by atoms with E-state index in [1.165, 1.54) is 31.4 Å². The molecule has 1 aliphatic carbocycles. The van der Waals surface area contributed by atoms with Crippen molar-refractivity contribution in [1.29, 1.82) is 0 Å². The van der Waals surface area contributed by atoms with Gasteiger partial charge >= 0.3 is 0 Å². The molecule has 0 bridgehead atoms. The van der Waals surface area contributed by atoms with Crippen molar-refractivity contribution < 1.29 is 0 Å². The fourth-order valence-electron chi connectivity index (χ4n) is 2.78. The standard InChI is InChI=1S/C16H27ClN2/c1-16(2,3)15(17)10-6-7-13-11-12-19(18-13)14-8-4-5-9-14/h11-12,14-15H,4-10H2,1-3H3. The zero-order valence-electron chi connectivity index (χ0n) is 12.5. The van der Waals surface area contributed by atoms with Crippen LogP contribution in [0.1, 0.15) is 71.0 Å². The van der Waals surface area contributed by atoms with Gasteiger partial charge in [0.2, 0.25) is 0 Å². The highest BCUT2D eigenvalue weighted by Gasteiger charge is 2.22. The maximum Gasteiger partial charge on any atom is 0.0624 e. The Labute approximate surface area is 122 Å². The molecule has 2 rings (SSSR count). The van der Waals surface area contributed by atoms with Gasteiger partial charge in [-0.1, -0.05) is 33.6 Å². The van der Waals surface area contributed by atoms with E-state index >= 15 is 0 Å². The number of rotatable bonds is 5. The zero-order chi connectivity index (χ0) is 13.9. The lowest BCUT2D eigenvalue weighted by atomic mass is 9.89. The van der Waals surface area contributed by atoms with Gasteiger partial charge in [0, 0.05) is 11.6 Å². The molecule has 0 aliphatic heterocycles. The summed E-state index contributed by atoms with van der Waals surface area (Å²) < 4.78 is 2.18. The molecule has 1 heterocycles. The van der Waals surface area contributed by atoms with Crippen molar-refractivity contribution in [3.8, 4) is 0 Å². The number of nitrogens with zero attached hydrogens (tertiary/aromatic N) is 2. The first-order chi connectivity index (χ1) is 8.97. The average molecular weight is 283 g/mol. The van der Waals surface area contributed by atoms with Crippen molar-refractivity contribution in [1.82, 2.24) is 9.78 Å².